The maximum Gasteiger partial charge on any atom is 0.239 e. The second-order valence-electron chi connectivity index (χ2n) is 3.72. The Labute approximate surface area is 77.7 Å². The molecule has 0 aliphatic carbocycles. The number of rotatable bonds is 3. The third-order valence-corrected chi connectivity index (χ3v) is 1.60. The third-order valence-electron chi connectivity index (χ3n) is 1.60. The van der Waals surface area contributed by atoms with Crippen molar-refractivity contribution in [3.63, 3.8) is 0 Å². The van der Waals surface area contributed by atoms with E-state index in [1.54, 1.807) is 0 Å². The topological polar surface area (TPSA) is 76.8 Å². The van der Waals surface area contributed by atoms with Gasteiger partial charge in [-0.2, -0.15) is 4.98 Å². The molecule has 74 valence electrons. The summed E-state index contributed by atoms with van der Waals surface area (Å²) in [7, 11) is 0. The van der Waals surface area contributed by atoms with Crippen molar-refractivity contribution in [3.05, 3.63) is 5.82 Å². The van der Waals surface area contributed by atoms with Crippen LogP contribution in [0.3, 0.4) is 0 Å². The van der Waals surface area contributed by atoms with Gasteiger partial charge in [0, 0.05) is 0 Å². The number of hydrogen-bond acceptors (Lipinski definition) is 4. The number of aromatic amines is 1. The minimum Gasteiger partial charge on any atom is -0.367 e. The highest BCUT2D eigenvalue weighted by molar-refractivity contribution is 5.15. The summed E-state index contributed by atoms with van der Waals surface area (Å²) in [6.07, 6.45) is 0.140. The molecule has 0 amide bonds. The van der Waals surface area contributed by atoms with Crippen LogP contribution in [0.25, 0.3) is 0 Å². The molecule has 0 spiro atoms. The van der Waals surface area contributed by atoms with Crippen LogP contribution in [-0.2, 0) is 10.3 Å². The van der Waals surface area contributed by atoms with E-state index in [0.717, 1.165) is 0 Å². The Kier molecular flexibility index (Phi) is 2.56. The Morgan fingerprint density at radius 1 is 1.46 bits per heavy atom. The van der Waals surface area contributed by atoms with Crippen molar-refractivity contribution >= 4 is 5.95 Å². The Morgan fingerprint density at radius 2 is 2.08 bits per heavy atom. The molecule has 1 aromatic heterocycles. The van der Waals surface area contributed by atoms with Crippen molar-refractivity contribution < 1.29 is 4.74 Å². The molecule has 1 heterocycles. The Morgan fingerprint density at radius 3 is 2.46 bits per heavy atom. The second kappa shape index (κ2) is 3.33. The SMILES string of the molecule is CC(C)OC(C)(C)c1nc(N)n[nH]1. The lowest BCUT2D eigenvalue weighted by Crippen LogP contribution is -2.26. The average molecular weight is 184 g/mol. The third kappa shape index (κ3) is 2.42. The minimum atomic E-state index is -0.473. The molecule has 5 heteroatoms. The smallest absolute Gasteiger partial charge is 0.239 e. The van der Waals surface area contributed by atoms with Crippen molar-refractivity contribution in [1.29, 1.82) is 0 Å². The molecule has 3 N–H and O–H groups in total. The molecule has 0 bridgehead atoms. The highest BCUT2D eigenvalue weighted by Crippen LogP contribution is 2.22. The van der Waals surface area contributed by atoms with E-state index >= 15 is 0 Å². The lowest BCUT2D eigenvalue weighted by molar-refractivity contribution is -0.0653. The quantitative estimate of drug-likeness (QED) is 0.736. The van der Waals surface area contributed by atoms with Crippen LogP contribution in [0.2, 0.25) is 0 Å². The largest absolute Gasteiger partial charge is 0.367 e. The Balaban J connectivity index is 2.80. The highest BCUT2D eigenvalue weighted by Gasteiger charge is 2.26. The maximum absolute atomic E-state index is 5.65. The molecular formula is C8H16N4O. The van der Waals surface area contributed by atoms with E-state index in [1.807, 2.05) is 27.7 Å². The fraction of sp³-hybridized carbons (Fsp3) is 0.750. The van der Waals surface area contributed by atoms with E-state index in [-0.39, 0.29) is 12.1 Å². The first-order chi connectivity index (χ1) is 5.92. The van der Waals surface area contributed by atoms with E-state index < -0.39 is 5.60 Å². The zero-order valence-corrected chi connectivity index (χ0v) is 8.46. The summed E-state index contributed by atoms with van der Waals surface area (Å²) in [6, 6.07) is 0. The fourth-order valence-corrected chi connectivity index (χ4v) is 1.19. The molecule has 1 aromatic rings. The average Bonchev–Trinajstić information content (AvgIpc) is 2.32. The highest BCUT2D eigenvalue weighted by atomic mass is 16.5. The van der Waals surface area contributed by atoms with E-state index in [4.69, 9.17) is 10.5 Å². The number of nitrogens with zero attached hydrogens (tertiary/aromatic N) is 2. The van der Waals surface area contributed by atoms with Crippen LogP contribution in [0.4, 0.5) is 5.95 Å². The molecular weight excluding hydrogens is 168 g/mol. The molecule has 0 aliphatic heterocycles. The minimum absolute atomic E-state index is 0.140. The molecule has 1 rings (SSSR count). The first-order valence-electron chi connectivity index (χ1n) is 4.28. The van der Waals surface area contributed by atoms with Gasteiger partial charge < -0.3 is 10.5 Å². The molecule has 0 fully saturated rings. The summed E-state index contributed by atoms with van der Waals surface area (Å²) >= 11 is 0. The Hall–Kier alpha value is -1.10. The van der Waals surface area contributed by atoms with Gasteiger partial charge in [-0.05, 0) is 27.7 Å². The summed E-state index contributed by atoms with van der Waals surface area (Å²) < 4.78 is 5.65. The molecule has 0 radical (unpaired) electrons. The van der Waals surface area contributed by atoms with Crippen LogP contribution in [0.5, 0.6) is 0 Å². The molecule has 13 heavy (non-hydrogen) atoms. The summed E-state index contributed by atoms with van der Waals surface area (Å²) in [6.45, 7) is 7.79. The number of ether oxygens (including phenoxy) is 1. The van der Waals surface area contributed by atoms with Gasteiger partial charge in [-0.3, -0.25) is 5.10 Å². The standard InChI is InChI=1S/C8H16N4O/c1-5(2)13-8(3,4)6-10-7(9)12-11-6/h5H,1-4H3,(H3,9,10,11,12). The van der Waals surface area contributed by atoms with Crippen molar-refractivity contribution in [2.24, 2.45) is 0 Å². The van der Waals surface area contributed by atoms with Crippen LogP contribution >= 0.6 is 0 Å². The molecule has 0 aliphatic rings. The van der Waals surface area contributed by atoms with Crippen LogP contribution < -0.4 is 5.73 Å². The maximum atomic E-state index is 5.65. The summed E-state index contributed by atoms with van der Waals surface area (Å²) in [4.78, 5) is 4.02. The van der Waals surface area contributed by atoms with Gasteiger partial charge in [-0.1, -0.05) is 0 Å². The first kappa shape index (κ1) is 9.98. The van der Waals surface area contributed by atoms with Crippen LogP contribution in [0.1, 0.15) is 33.5 Å². The van der Waals surface area contributed by atoms with Gasteiger partial charge >= 0.3 is 0 Å². The van der Waals surface area contributed by atoms with E-state index in [9.17, 15) is 0 Å². The number of nitrogen functional groups attached to an aromatic ring is 1. The van der Waals surface area contributed by atoms with Gasteiger partial charge in [-0.15, -0.1) is 5.10 Å². The van der Waals surface area contributed by atoms with Gasteiger partial charge in [0.05, 0.1) is 6.10 Å². The van der Waals surface area contributed by atoms with Gasteiger partial charge in [-0.25, -0.2) is 0 Å². The lowest BCUT2D eigenvalue weighted by Gasteiger charge is -2.24. The molecule has 0 saturated heterocycles. The van der Waals surface area contributed by atoms with Crippen molar-refractivity contribution in [2.75, 3.05) is 5.73 Å². The van der Waals surface area contributed by atoms with Crippen molar-refractivity contribution in [1.82, 2.24) is 15.2 Å². The zero-order valence-electron chi connectivity index (χ0n) is 8.46. The number of nitrogens with two attached hydrogens (primary N) is 1. The second-order valence-corrected chi connectivity index (χ2v) is 3.72. The summed E-state index contributed by atoms with van der Waals surface area (Å²) in [5.41, 5.74) is 4.92. The van der Waals surface area contributed by atoms with E-state index in [2.05, 4.69) is 15.2 Å². The Bertz CT molecular complexity index is 279. The number of nitrogens with one attached hydrogen (secondary N) is 1. The molecule has 0 unspecified atom stereocenters. The van der Waals surface area contributed by atoms with Crippen molar-refractivity contribution in [2.45, 2.75) is 39.4 Å². The van der Waals surface area contributed by atoms with E-state index in [1.165, 1.54) is 0 Å². The number of hydrogen-bond donors (Lipinski definition) is 2. The summed E-state index contributed by atoms with van der Waals surface area (Å²) in [5, 5.41) is 6.49. The van der Waals surface area contributed by atoms with E-state index in [0.29, 0.717) is 5.82 Å². The number of H-pyrrole nitrogens is 1. The monoisotopic (exact) mass is 184 g/mol. The zero-order chi connectivity index (χ0) is 10.1. The number of anilines is 1. The molecule has 0 atom stereocenters. The fourth-order valence-electron chi connectivity index (χ4n) is 1.19. The first-order valence-corrected chi connectivity index (χ1v) is 4.28. The number of aromatic nitrogens is 3. The molecule has 5 nitrogen and oxygen atoms in total. The predicted octanol–water partition coefficient (Wildman–Crippen LogP) is 1.05. The summed E-state index contributed by atoms with van der Waals surface area (Å²) in [5.74, 6) is 0.897. The van der Waals surface area contributed by atoms with Gasteiger partial charge in [0.1, 0.15) is 5.60 Å². The van der Waals surface area contributed by atoms with Crippen molar-refractivity contribution in [3.8, 4) is 0 Å². The molecule has 0 saturated carbocycles. The van der Waals surface area contributed by atoms with Gasteiger partial charge in [0.25, 0.3) is 0 Å². The van der Waals surface area contributed by atoms with Gasteiger partial charge in [0.15, 0.2) is 5.82 Å². The molecule has 0 aromatic carbocycles. The van der Waals surface area contributed by atoms with Gasteiger partial charge in [0.2, 0.25) is 5.95 Å². The van der Waals surface area contributed by atoms with Crippen LogP contribution in [0.15, 0.2) is 0 Å². The normalized spacial score (nSPS) is 12.4. The van der Waals surface area contributed by atoms with Crippen LogP contribution in [0, 0.1) is 0 Å². The van der Waals surface area contributed by atoms with Crippen LogP contribution in [-0.4, -0.2) is 21.3 Å². The predicted molar refractivity (Wildman–Crippen MR) is 50.0 cm³/mol. The lowest BCUT2D eigenvalue weighted by atomic mass is 10.1.